The molecule has 3 aliphatic heterocycles. The second kappa shape index (κ2) is 10.4. The first-order valence-corrected chi connectivity index (χ1v) is 14.4. The normalized spacial score (nSPS) is 19.4. The van der Waals surface area contributed by atoms with Gasteiger partial charge in [0.15, 0.2) is 17.7 Å². The van der Waals surface area contributed by atoms with Crippen LogP contribution in [-0.4, -0.2) is 51.7 Å². The zero-order valence-corrected chi connectivity index (χ0v) is 24.7. The van der Waals surface area contributed by atoms with Gasteiger partial charge in [-0.1, -0.05) is 0 Å². The van der Waals surface area contributed by atoms with Crippen molar-refractivity contribution in [1.82, 2.24) is 9.80 Å². The molecule has 2 amide bonds. The number of likely N-dealkylation sites (tertiary alicyclic amines) is 1. The van der Waals surface area contributed by atoms with Crippen LogP contribution >= 0.6 is 0 Å². The highest BCUT2D eigenvalue weighted by molar-refractivity contribution is 5.86. The minimum Gasteiger partial charge on any atom is -0.490 e. The van der Waals surface area contributed by atoms with Gasteiger partial charge in [-0.3, -0.25) is 0 Å². The molecule has 0 radical (unpaired) electrons. The third-order valence-corrected chi connectivity index (χ3v) is 8.75. The van der Waals surface area contributed by atoms with E-state index in [1.807, 2.05) is 51.3 Å². The Hall–Kier alpha value is -3.13. The number of carbonyl (C=O) groups is 2. The SMILES string of the molecule is Cc1c(-c2c(C)c3c(c(C)c2[C@H](OC(C)(C)C)C(=O)O)CN(C(=O)N2CCC[C@@H]2C)C3)cc(F)c2c1CCCO2. The minimum absolute atomic E-state index is 0.0111. The predicted octanol–water partition coefficient (Wildman–Crippen LogP) is 6.60. The van der Waals surface area contributed by atoms with Gasteiger partial charge in [0.25, 0.3) is 0 Å². The van der Waals surface area contributed by atoms with Crippen LogP contribution in [0.15, 0.2) is 6.07 Å². The van der Waals surface area contributed by atoms with Crippen LogP contribution in [0.2, 0.25) is 0 Å². The standard InChI is InChI=1S/C32H41FN2O5/c1-17-10-8-12-35(17)31(38)34-15-23-19(3)26(22-14-25(33)28-21(18(22)2)11-9-13-39-28)27(20(4)24(23)16-34)29(30(36)37)40-32(5,6)7/h14,17,29H,8-13,15-16H2,1-7H3,(H,36,37)/t17-,29-/m0/s1. The van der Waals surface area contributed by atoms with E-state index >= 15 is 4.39 Å². The molecule has 2 aromatic carbocycles. The molecule has 8 heteroatoms. The van der Waals surface area contributed by atoms with Crippen LogP contribution in [0.4, 0.5) is 9.18 Å². The van der Waals surface area contributed by atoms with Gasteiger partial charge in [0, 0.05) is 36.8 Å². The molecular weight excluding hydrogens is 511 g/mol. The Bertz CT molecular complexity index is 1380. The first-order chi connectivity index (χ1) is 18.8. The second-order valence-corrected chi connectivity index (χ2v) is 12.6. The van der Waals surface area contributed by atoms with Crippen LogP contribution in [0, 0.1) is 26.6 Å². The van der Waals surface area contributed by atoms with Gasteiger partial charge in [-0.05, 0) is 119 Å². The molecule has 0 saturated carbocycles. The summed E-state index contributed by atoms with van der Waals surface area (Å²) in [5, 5.41) is 10.5. The zero-order chi connectivity index (χ0) is 29.1. The number of hydrogen-bond donors (Lipinski definition) is 1. The molecule has 5 rings (SSSR count). The molecule has 0 spiro atoms. The molecule has 2 aromatic rings. The summed E-state index contributed by atoms with van der Waals surface area (Å²) in [6.45, 7) is 15.5. The van der Waals surface area contributed by atoms with E-state index in [1.54, 1.807) is 0 Å². The molecular formula is C32H41FN2O5. The Morgan fingerprint density at radius 1 is 1.07 bits per heavy atom. The summed E-state index contributed by atoms with van der Waals surface area (Å²) in [6, 6.07) is 1.69. The van der Waals surface area contributed by atoms with E-state index in [0.717, 1.165) is 59.2 Å². The van der Waals surface area contributed by atoms with Gasteiger partial charge in [0.05, 0.1) is 12.2 Å². The fourth-order valence-corrected chi connectivity index (χ4v) is 6.73. The monoisotopic (exact) mass is 552 g/mol. The van der Waals surface area contributed by atoms with Crippen LogP contribution in [0.5, 0.6) is 5.75 Å². The van der Waals surface area contributed by atoms with Crippen molar-refractivity contribution in [2.45, 2.75) is 105 Å². The van der Waals surface area contributed by atoms with Crippen LogP contribution in [0.1, 0.15) is 92.0 Å². The maximum absolute atomic E-state index is 15.5. The zero-order valence-electron chi connectivity index (χ0n) is 24.7. The number of fused-ring (bicyclic) bond motifs is 2. The van der Waals surface area contributed by atoms with E-state index in [9.17, 15) is 14.7 Å². The Morgan fingerprint density at radius 3 is 2.35 bits per heavy atom. The second-order valence-electron chi connectivity index (χ2n) is 12.6. The number of carboxylic acids is 1. The minimum atomic E-state index is -1.27. The van der Waals surface area contributed by atoms with Crippen LogP contribution in [0.25, 0.3) is 11.1 Å². The van der Waals surface area contributed by atoms with E-state index in [4.69, 9.17) is 9.47 Å². The van der Waals surface area contributed by atoms with Gasteiger partial charge in [-0.25, -0.2) is 14.0 Å². The van der Waals surface area contributed by atoms with Crippen molar-refractivity contribution in [2.75, 3.05) is 13.2 Å². The lowest BCUT2D eigenvalue weighted by Gasteiger charge is -2.31. The van der Waals surface area contributed by atoms with Gasteiger partial charge in [-0.2, -0.15) is 0 Å². The molecule has 3 aliphatic rings. The number of rotatable bonds is 4. The largest absolute Gasteiger partial charge is 0.490 e. The lowest BCUT2D eigenvalue weighted by Crippen LogP contribution is -2.42. The number of amides is 2. The molecule has 40 heavy (non-hydrogen) atoms. The first kappa shape index (κ1) is 28.4. The van der Waals surface area contributed by atoms with E-state index in [1.165, 1.54) is 6.07 Å². The number of carboxylic acid groups (broad SMARTS) is 1. The number of nitrogens with zero attached hydrogens (tertiary/aromatic N) is 2. The number of aliphatic carboxylic acids is 1. The quantitative estimate of drug-likeness (QED) is 0.462. The summed E-state index contributed by atoms with van der Waals surface area (Å²) in [4.78, 5) is 30.1. The average Bonchev–Trinajstić information content (AvgIpc) is 3.53. The summed E-state index contributed by atoms with van der Waals surface area (Å²) in [6.07, 6.45) is 2.22. The van der Waals surface area contributed by atoms with Gasteiger partial charge in [0.2, 0.25) is 0 Å². The highest BCUT2D eigenvalue weighted by Gasteiger charge is 2.39. The Kier molecular flexibility index (Phi) is 7.36. The Balaban J connectivity index is 1.73. The molecule has 0 aliphatic carbocycles. The van der Waals surface area contributed by atoms with Crippen molar-refractivity contribution in [2.24, 2.45) is 0 Å². The number of ether oxygens (including phenoxy) is 2. The van der Waals surface area contributed by atoms with Gasteiger partial charge in [-0.15, -0.1) is 0 Å². The summed E-state index contributed by atoms with van der Waals surface area (Å²) in [5.41, 5.74) is 6.45. The van der Waals surface area contributed by atoms with E-state index < -0.39 is 23.5 Å². The lowest BCUT2D eigenvalue weighted by molar-refractivity contribution is -0.160. The Labute approximate surface area is 236 Å². The third kappa shape index (κ3) is 4.84. The Morgan fingerprint density at radius 2 is 1.75 bits per heavy atom. The molecule has 1 saturated heterocycles. The number of urea groups is 1. The van der Waals surface area contributed by atoms with Crippen molar-refractivity contribution in [3.05, 3.63) is 50.8 Å². The van der Waals surface area contributed by atoms with E-state index in [-0.39, 0.29) is 12.1 Å². The molecule has 0 unspecified atom stereocenters. The van der Waals surface area contributed by atoms with Crippen LogP contribution in [-0.2, 0) is 29.0 Å². The smallest absolute Gasteiger partial charge is 0.337 e. The van der Waals surface area contributed by atoms with Crippen molar-refractivity contribution >= 4 is 12.0 Å². The first-order valence-electron chi connectivity index (χ1n) is 14.4. The summed E-state index contributed by atoms with van der Waals surface area (Å²) < 4.78 is 27.4. The third-order valence-electron chi connectivity index (χ3n) is 8.75. The van der Waals surface area contributed by atoms with E-state index in [2.05, 4.69) is 6.92 Å². The molecule has 1 N–H and O–H groups in total. The number of hydrogen-bond acceptors (Lipinski definition) is 4. The molecule has 3 heterocycles. The number of halogens is 1. The highest BCUT2D eigenvalue weighted by atomic mass is 19.1. The highest BCUT2D eigenvalue weighted by Crippen LogP contribution is 2.47. The van der Waals surface area contributed by atoms with Gasteiger partial charge >= 0.3 is 12.0 Å². The maximum Gasteiger partial charge on any atom is 0.337 e. The van der Waals surface area contributed by atoms with Crippen molar-refractivity contribution in [1.29, 1.82) is 0 Å². The van der Waals surface area contributed by atoms with Gasteiger partial charge in [0.1, 0.15) is 0 Å². The van der Waals surface area contributed by atoms with Crippen LogP contribution in [0.3, 0.4) is 0 Å². The number of benzene rings is 2. The van der Waals surface area contributed by atoms with Gasteiger partial charge < -0.3 is 24.4 Å². The molecule has 0 aromatic heterocycles. The van der Waals surface area contributed by atoms with Crippen molar-refractivity contribution in [3.8, 4) is 16.9 Å². The predicted molar refractivity (Wildman–Crippen MR) is 151 cm³/mol. The summed E-state index contributed by atoms with van der Waals surface area (Å²) in [7, 11) is 0. The number of carbonyl (C=O) groups excluding carboxylic acids is 1. The topological polar surface area (TPSA) is 79.3 Å². The van der Waals surface area contributed by atoms with E-state index in [0.29, 0.717) is 48.6 Å². The molecule has 2 atom stereocenters. The van der Waals surface area contributed by atoms with Crippen molar-refractivity contribution in [3.63, 3.8) is 0 Å². The lowest BCUT2D eigenvalue weighted by atomic mass is 9.81. The molecule has 216 valence electrons. The van der Waals surface area contributed by atoms with Crippen LogP contribution < -0.4 is 4.74 Å². The molecule has 1 fully saturated rings. The molecule has 7 nitrogen and oxygen atoms in total. The fraction of sp³-hybridized carbons (Fsp3) is 0.562. The average molecular weight is 553 g/mol. The maximum atomic E-state index is 15.5. The van der Waals surface area contributed by atoms with Crippen molar-refractivity contribution < 1.29 is 28.6 Å². The summed E-state index contributed by atoms with van der Waals surface area (Å²) >= 11 is 0. The molecule has 0 bridgehead atoms. The fourth-order valence-electron chi connectivity index (χ4n) is 6.73. The summed E-state index contributed by atoms with van der Waals surface area (Å²) in [5.74, 6) is -1.25.